The second-order valence-electron chi connectivity index (χ2n) is 4.82. The lowest BCUT2D eigenvalue weighted by Crippen LogP contribution is -2.28. The predicted molar refractivity (Wildman–Crippen MR) is 81.6 cm³/mol. The highest BCUT2D eigenvalue weighted by atomic mass is 35.5. The molecular weight excluding hydrogens is 276 g/mol. The molecule has 0 bridgehead atoms. The summed E-state index contributed by atoms with van der Waals surface area (Å²) in [6, 6.07) is 6.96. The molecule has 0 aromatic heterocycles. The van der Waals surface area contributed by atoms with Gasteiger partial charge >= 0.3 is 0 Å². The van der Waals surface area contributed by atoms with Crippen LogP contribution in [0.4, 0.5) is 0 Å². The number of nitrogens with one attached hydrogen (secondary N) is 1. The van der Waals surface area contributed by atoms with Crippen LogP contribution in [0.15, 0.2) is 24.3 Å². The van der Waals surface area contributed by atoms with Gasteiger partial charge in [-0.25, -0.2) is 0 Å². The molecule has 0 saturated carbocycles. The Morgan fingerprint density at radius 2 is 1.85 bits per heavy atom. The van der Waals surface area contributed by atoms with Crippen molar-refractivity contribution in [3.63, 3.8) is 0 Å². The molecule has 0 radical (unpaired) electrons. The van der Waals surface area contributed by atoms with Crippen LogP contribution >= 0.6 is 11.6 Å². The van der Waals surface area contributed by atoms with E-state index in [1.807, 2.05) is 0 Å². The van der Waals surface area contributed by atoms with E-state index in [9.17, 15) is 9.90 Å². The molecule has 1 rings (SSSR count). The van der Waals surface area contributed by atoms with Crippen LogP contribution in [0.3, 0.4) is 0 Å². The highest BCUT2D eigenvalue weighted by Crippen LogP contribution is 2.15. The highest BCUT2D eigenvalue weighted by molar-refractivity contribution is 6.30. The van der Waals surface area contributed by atoms with Crippen molar-refractivity contribution in [3.8, 4) is 0 Å². The molecule has 0 aliphatic rings. The molecule has 112 valence electrons. The normalized spacial score (nSPS) is 12.2. The molecule has 1 aromatic rings. The summed E-state index contributed by atoms with van der Waals surface area (Å²) in [4.78, 5) is 11.6. The van der Waals surface area contributed by atoms with Gasteiger partial charge in [0.15, 0.2) is 0 Å². The van der Waals surface area contributed by atoms with Crippen LogP contribution in [0.5, 0.6) is 0 Å². The van der Waals surface area contributed by atoms with Gasteiger partial charge in [0.1, 0.15) is 0 Å². The smallest absolute Gasteiger partial charge is 0.220 e. The number of hydrogen-bond acceptors (Lipinski definition) is 3. The number of aliphatic hydroxyl groups is 1. The maximum atomic E-state index is 11.6. The lowest BCUT2D eigenvalue weighted by atomic mass is 10.1. The van der Waals surface area contributed by atoms with Crippen molar-refractivity contribution in [3.05, 3.63) is 34.9 Å². The van der Waals surface area contributed by atoms with E-state index in [0.717, 1.165) is 31.2 Å². The van der Waals surface area contributed by atoms with Crippen LogP contribution in [-0.4, -0.2) is 24.1 Å². The van der Waals surface area contributed by atoms with Crippen molar-refractivity contribution in [2.75, 3.05) is 13.1 Å². The molecule has 4 nitrogen and oxygen atoms in total. The number of carbonyl (C=O) groups excluding carboxylic acids is 1. The Morgan fingerprint density at radius 3 is 2.50 bits per heavy atom. The van der Waals surface area contributed by atoms with Crippen LogP contribution in [0, 0.1) is 0 Å². The van der Waals surface area contributed by atoms with Crippen LogP contribution < -0.4 is 11.1 Å². The van der Waals surface area contributed by atoms with Crippen molar-refractivity contribution in [1.29, 1.82) is 0 Å². The van der Waals surface area contributed by atoms with Gasteiger partial charge in [-0.3, -0.25) is 4.79 Å². The zero-order valence-corrected chi connectivity index (χ0v) is 12.4. The minimum atomic E-state index is -0.701. The summed E-state index contributed by atoms with van der Waals surface area (Å²) in [6.45, 7) is 0.933. The largest absolute Gasteiger partial charge is 0.387 e. The van der Waals surface area contributed by atoms with Gasteiger partial charge in [-0.05, 0) is 37.1 Å². The molecule has 4 N–H and O–H groups in total. The number of hydrogen-bond donors (Lipinski definition) is 3. The monoisotopic (exact) mass is 298 g/mol. The minimum absolute atomic E-state index is 0.0224. The Balaban J connectivity index is 2.18. The summed E-state index contributed by atoms with van der Waals surface area (Å²) in [7, 11) is 0. The van der Waals surface area contributed by atoms with Gasteiger partial charge in [-0.2, -0.15) is 0 Å². The Hall–Kier alpha value is -1.10. The molecule has 0 fully saturated rings. The zero-order valence-electron chi connectivity index (χ0n) is 11.6. The first-order chi connectivity index (χ1) is 9.63. The molecule has 20 heavy (non-hydrogen) atoms. The van der Waals surface area contributed by atoms with Gasteiger partial charge in [0, 0.05) is 18.0 Å². The number of rotatable bonds is 9. The molecule has 0 saturated heterocycles. The van der Waals surface area contributed by atoms with E-state index >= 15 is 0 Å². The standard InChI is InChI=1S/C15H23ClN2O2/c16-13-8-6-12(7-9-13)14(19)11-18-15(20)5-3-1-2-4-10-17/h6-9,14,19H,1-5,10-11,17H2,(H,18,20). The molecule has 5 heteroatoms. The first-order valence-electron chi connectivity index (χ1n) is 7.03. The lowest BCUT2D eigenvalue weighted by Gasteiger charge is -2.12. The van der Waals surface area contributed by atoms with E-state index in [-0.39, 0.29) is 12.5 Å². The third-order valence-corrected chi connectivity index (χ3v) is 3.36. The second-order valence-corrected chi connectivity index (χ2v) is 5.26. The fourth-order valence-electron chi connectivity index (χ4n) is 1.89. The van der Waals surface area contributed by atoms with Crippen molar-refractivity contribution >= 4 is 17.5 Å². The average molecular weight is 299 g/mol. The van der Waals surface area contributed by atoms with Crippen molar-refractivity contribution in [2.45, 2.75) is 38.2 Å². The summed E-state index contributed by atoms with van der Waals surface area (Å²) in [5.41, 5.74) is 6.15. The number of halogens is 1. The Kier molecular flexibility index (Phi) is 8.26. The van der Waals surface area contributed by atoms with Crippen LogP contribution in [0.2, 0.25) is 5.02 Å². The SMILES string of the molecule is NCCCCCCC(=O)NCC(O)c1ccc(Cl)cc1. The van der Waals surface area contributed by atoms with Crippen molar-refractivity contribution < 1.29 is 9.90 Å². The lowest BCUT2D eigenvalue weighted by molar-refractivity contribution is -0.121. The molecule has 0 aliphatic heterocycles. The van der Waals surface area contributed by atoms with Crippen LogP contribution in [0.1, 0.15) is 43.8 Å². The van der Waals surface area contributed by atoms with Gasteiger partial charge in [-0.15, -0.1) is 0 Å². The number of benzene rings is 1. The van der Waals surface area contributed by atoms with E-state index in [0.29, 0.717) is 18.0 Å². The number of nitrogens with two attached hydrogens (primary N) is 1. The fraction of sp³-hybridized carbons (Fsp3) is 0.533. The molecule has 0 spiro atoms. The van der Waals surface area contributed by atoms with Crippen molar-refractivity contribution in [2.24, 2.45) is 5.73 Å². The molecule has 0 heterocycles. The Morgan fingerprint density at radius 1 is 1.20 bits per heavy atom. The summed E-state index contributed by atoms with van der Waals surface area (Å²) >= 11 is 5.78. The van der Waals surface area contributed by atoms with Gasteiger partial charge < -0.3 is 16.2 Å². The van der Waals surface area contributed by atoms with E-state index in [1.165, 1.54) is 0 Å². The summed E-state index contributed by atoms with van der Waals surface area (Å²) in [5.74, 6) is -0.0224. The molecular formula is C15H23ClN2O2. The first-order valence-corrected chi connectivity index (χ1v) is 7.41. The average Bonchev–Trinajstić information content (AvgIpc) is 2.45. The highest BCUT2D eigenvalue weighted by Gasteiger charge is 2.09. The second kappa shape index (κ2) is 9.75. The summed E-state index contributed by atoms with van der Waals surface area (Å²) < 4.78 is 0. The minimum Gasteiger partial charge on any atom is -0.387 e. The molecule has 1 unspecified atom stereocenters. The van der Waals surface area contributed by atoms with E-state index < -0.39 is 6.10 Å². The number of unbranched alkanes of at least 4 members (excludes halogenated alkanes) is 3. The maximum absolute atomic E-state index is 11.6. The predicted octanol–water partition coefficient (Wildman–Crippen LogP) is 2.40. The van der Waals surface area contributed by atoms with Gasteiger partial charge in [0.05, 0.1) is 6.10 Å². The molecule has 1 amide bonds. The van der Waals surface area contributed by atoms with Crippen LogP contribution in [0.25, 0.3) is 0 Å². The van der Waals surface area contributed by atoms with E-state index in [4.69, 9.17) is 17.3 Å². The van der Waals surface area contributed by atoms with Gasteiger partial charge in [0.2, 0.25) is 5.91 Å². The van der Waals surface area contributed by atoms with Gasteiger partial charge in [-0.1, -0.05) is 36.6 Å². The third kappa shape index (κ3) is 6.89. The van der Waals surface area contributed by atoms with E-state index in [2.05, 4.69) is 5.32 Å². The number of aliphatic hydroxyl groups excluding tert-OH is 1. The Labute approximate surface area is 125 Å². The van der Waals surface area contributed by atoms with Gasteiger partial charge in [0.25, 0.3) is 0 Å². The first kappa shape index (κ1) is 17.0. The summed E-state index contributed by atoms with van der Waals surface area (Å²) in [6.07, 6.45) is 3.76. The Bertz CT molecular complexity index is 395. The fourth-order valence-corrected chi connectivity index (χ4v) is 2.01. The molecule has 1 atom stereocenters. The molecule has 0 aliphatic carbocycles. The summed E-state index contributed by atoms with van der Waals surface area (Å²) in [5, 5.41) is 13.3. The third-order valence-electron chi connectivity index (χ3n) is 3.11. The topological polar surface area (TPSA) is 75.4 Å². The maximum Gasteiger partial charge on any atom is 0.220 e. The van der Waals surface area contributed by atoms with Crippen LogP contribution in [-0.2, 0) is 4.79 Å². The van der Waals surface area contributed by atoms with E-state index in [1.54, 1.807) is 24.3 Å². The molecule has 1 aromatic carbocycles. The quantitative estimate of drug-likeness (QED) is 0.613. The number of carbonyl (C=O) groups is 1. The van der Waals surface area contributed by atoms with Crippen molar-refractivity contribution in [1.82, 2.24) is 5.32 Å². The zero-order chi connectivity index (χ0) is 14.8. The number of amides is 1.